The van der Waals surface area contributed by atoms with Gasteiger partial charge in [0.25, 0.3) is 0 Å². The van der Waals surface area contributed by atoms with Gasteiger partial charge in [-0.1, -0.05) is 30.3 Å². The molecule has 2 rings (SSSR count). The number of rotatable bonds is 8. The van der Waals surface area contributed by atoms with Crippen molar-refractivity contribution in [1.82, 2.24) is 15.5 Å². The van der Waals surface area contributed by atoms with Crippen molar-refractivity contribution in [3.63, 3.8) is 0 Å². The molecule has 1 aromatic rings. The number of thioether (sulfide) groups is 1. The largest absolute Gasteiger partial charge is 0.344 e. The van der Waals surface area contributed by atoms with Crippen molar-refractivity contribution in [3.05, 3.63) is 35.9 Å². The summed E-state index contributed by atoms with van der Waals surface area (Å²) < 4.78 is 0. The zero-order valence-corrected chi connectivity index (χ0v) is 16.0. The molecule has 0 spiro atoms. The van der Waals surface area contributed by atoms with Gasteiger partial charge in [0.05, 0.1) is 6.42 Å². The zero-order chi connectivity index (χ0) is 18.1. The fourth-order valence-electron chi connectivity index (χ4n) is 3.13. The van der Waals surface area contributed by atoms with Gasteiger partial charge in [-0.25, -0.2) is 0 Å². The van der Waals surface area contributed by atoms with E-state index in [0.717, 1.165) is 37.2 Å². The number of likely N-dealkylation sites (tertiary alicyclic amines) is 1. The molecule has 25 heavy (non-hydrogen) atoms. The number of piperidine rings is 1. The van der Waals surface area contributed by atoms with Gasteiger partial charge in [-0.3, -0.25) is 9.59 Å². The predicted octanol–water partition coefficient (Wildman–Crippen LogP) is 1.68. The van der Waals surface area contributed by atoms with E-state index in [1.165, 1.54) is 0 Å². The summed E-state index contributed by atoms with van der Waals surface area (Å²) in [5, 5.41) is 6.24. The Labute approximate surface area is 154 Å². The summed E-state index contributed by atoms with van der Waals surface area (Å²) in [5.74, 6) is 0.829. The Morgan fingerprint density at radius 1 is 1.24 bits per heavy atom. The number of benzene rings is 1. The molecule has 1 aliphatic rings. The predicted molar refractivity (Wildman–Crippen MR) is 104 cm³/mol. The Bertz CT molecular complexity index is 545. The van der Waals surface area contributed by atoms with E-state index in [1.54, 1.807) is 11.8 Å². The third-order valence-corrected chi connectivity index (χ3v) is 5.31. The first-order valence-electron chi connectivity index (χ1n) is 8.92. The molecule has 1 fully saturated rings. The van der Waals surface area contributed by atoms with E-state index < -0.39 is 6.04 Å². The minimum absolute atomic E-state index is 0.0602. The highest BCUT2D eigenvalue weighted by Gasteiger charge is 2.28. The lowest BCUT2D eigenvalue weighted by atomic mass is 10.0. The van der Waals surface area contributed by atoms with E-state index in [2.05, 4.69) is 10.6 Å². The van der Waals surface area contributed by atoms with Crippen LogP contribution in [0, 0.1) is 0 Å². The normalized spacial score (nSPS) is 16.5. The molecule has 2 N–H and O–H groups in total. The minimum atomic E-state index is -0.421. The van der Waals surface area contributed by atoms with Gasteiger partial charge in [0.1, 0.15) is 6.04 Å². The monoisotopic (exact) mass is 363 g/mol. The molecule has 6 heteroatoms. The Balaban J connectivity index is 1.92. The Morgan fingerprint density at radius 2 is 1.92 bits per heavy atom. The molecular formula is C19H29N3O2S. The average Bonchev–Trinajstić information content (AvgIpc) is 2.65. The summed E-state index contributed by atoms with van der Waals surface area (Å²) in [6, 6.07) is 9.70. The molecule has 0 aromatic heterocycles. The minimum Gasteiger partial charge on any atom is -0.344 e. The quantitative estimate of drug-likeness (QED) is 0.738. The van der Waals surface area contributed by atoms with Gasteiger partial charge in [-0.05, 0) is 43.9 Å². The number of amides is 2. The summed E-state index contributed by atoms with van der Waals surface area (Å²) in [5.41, 5.74) is 0.964. The fraction of sp³-hybridized carbons (Fsp3) is 0.579. The van der Waals surface area contributed by atoms with Crippen molar-refractivity contribution >= 4 is 23.6 Å². The number of hydrogen-bond acceptors (Lipinski definition) is 4. The van der Waals surface area contributed by atoms with E-state index in [0.29, 0.717) is 18.9 Å². The van der Waals surface area contributed by atoms with Crippen LogP contribution in [0.5, 0.6) is 0 Å². The molecule has 1 unspecified atom stereocenters. The van der Waals surface area contributed by atoms with Crippen molar-refractivity contribution in [3.8, 4) is 0 Å². The third-order valence-electron chi connectivity index (χ3n) is 4.67. The average molecular weight is 364 g/mol. The molecule has 1 atom stereocenters. The second kappa shape index (κ2) is 10.5. The van der Waals surface area contributed by atoms with Gasteiger partial charge in [0.15, 0.2) is 0 Å². The molecule has 0 saturated carbocycles. The Morgan fingerprint density at radius 3 is 2.52 bits per heavy atom. The molecule has 0 radical (unpaired) electrons. The highest BCUT2D eigenvalue weighted by atomic mass is 32.2. The topological polar surface area (TPSA) is 61.4 Å². The lowest BCUT2D eigenvalue weighted by molar-refractivity contribution is -0.137. The summed E-state index contributed by atoms with van der Waals surface area (Å²) in [4.78, 5) is 27.1. The molecule has 5 nitrogen and oxygen atoms in total. The van der Waals surface area contributed by atoms with Crippen LogP contribution in [-0.4, -0.2) is 60.9 Å². The van der Waals surface area contributed by atoms with Crippen LogP contribution in [-0.2, 0) is 16.0 Å². The lowest BCUT2D eigenvalue weighted by Crippen LogP contribution is -2.52. The second-order valence-electron chi connectivity index (χ2n) is 6.45. The summed E-state index contributed by atoms with van der Waals surface area (Å²) in [7, 11) is 1.97. The molecular weight excluding hydrogens is 334 g/mol. The van der Waals surface area contributed by atoms with Gasteiger partial charge in [-0.2, -0.15) is 11.8 Å². The van der Waals surface area contributed by atoms with Gasteiger partial charge in [0.2, 0.25) is 11.8 Å². The van der Waals surface area contributed by atoms with Crippen molar-refractivity contribution in [2.24, 2.45) is 0 Å². The molecule has 1 heterocycles. The van der Waals surface area contributed by atoms with Crippen LogP contribution in [0.3, 0.4) is 0 Å². The van der Waals surface area contributed by atoms with Gasteiger partial charge in [0, 0.05) is 19.1 Å². The smallest absolute Gasteiger partial charge is 0.245 e. The maximum absolute atomic E-state index is 12.9. The lowest BCUT2D eigenvalue weighted by Gasteiger charge is -2.34. The summed E-state index contributed by atoms with van der Waals surface area (Å²) in [6.07, 6.45) is 4.94. The molecule has 0 aliphatic carbocycles. The SMILES string of the molecule is CNC1CCN(C(=O)C(CCSC)NC(=O)Cc2ccccc2)CC1. The number of nitrogens with one attached hydrogen (secondary N) is 2. The summed E-state index contributed by atoms with van der Waals surface area (Å²) in [6.45, 7) is 1.52. The third kappa shape index (κ3) is 6.36. The maximum Gasteiger partial charge on any atom is 0.245 e. The molecule has 2 amide bonds. The molecule has 1 saturated heterocycles. The first-order valence-corrected chi connectivity index (χ1v) is 10.3. The van der Waals surface area contributed by atoms with Crippen LogP contribution >= 0.6 is 11.8 Å². The van der Waals surface area contributed by atoms with Crippen LogP contribution in [0.15, 0.2) is 30.3 Å². The highest BCUT2D eigenvalue weighted by Crippen LogP contribution is 2.13. The standard InChI is InChI=1S/C19H29N3O2S/c1-20-16-8-11-22(12-9-16)19(24)17(10-13-25-2)21-18(23)14-15-6-4-3-5-7-15/h3-7,16-17,20H,8-14H2,1-2H3,(H,21,23). The maximum atomic E-state index is 12.9. The summed E-state index contributed by atoms with van der Waals surface area (Å²) >= 11 is 1.70. The van der Waals surface area contributed by atoms with Gasteiger partial charge in [-0.15, -0.1) is 0 Å². The molecule has 0 bridgehead atoms. The first kappa shape index (κ1) is 19.8. The van der Waals surface area contributed by atoms with Crippen LogP contribution in [0.25, 0.3) is 0 Å². The van der Waals surface area contributed by atoms with E-state index in [-0.39, 0.29) is 11.8 Å². The van der Waals surface area contributed by atoms with Crippen molar-refractivity contribution in [2.45, 2.75) is 37.8 Å². The van der Waals surface area contributed by atoms with E-state index in [1.807, 2.05) is 48.5 Å². The Hall–Kier alpha value is -1.53. The first-order chi connectivity index (χ1) is 12.1. The number of nitrogens with zero attached hydrogens (tertiary/aromatic N) is 1. The molecule has 1 aromatic carbocycles. The van der Waals surface area contributed by atoms with Crippen LogP contribution in [0.4, 0.5) is 0 Å². The number of carbonyl (C=O) groups is 2. The van der Waals surface area contributed by atoms with E-state index in [4.69, 9.17) is 0 Å². The van der Waals surface area contributed by atoms with Crippen LogP contribution < -0.4 is 10.6 Å². The van der Waals surface area contributed by atoms with Crippen molar-refractivity contribution < 1.29 is 9.59 Å². The number of hydrogen-bond donors (Lipinski definition) is 2. The van der Waals surface area contributed by atoms with Crippen molar-refractivity contribution in [1.29, 1.82) is 0 Å². The Kier molecular flexibility index (Phi) is 8.28. The van der Waals surface area contributed by atoms with Gasteiger partial charge >= 0.3 is 0 Å². The molecule has 138 valence electrons. The van der Waals surface area contributed by atoms with Crippen molar-refractivity contribution in [2.75, 3.05) is 32.1 Å². The zero-order valence-electron chi connectivity index (χ0n) is 15.2. The fourth-order valence-corrected chi connectivity index (χ4v) is 3.60. The molecule has 1 aliphatic heterocycles. The van der Waals surface area contributed by atoms with Crippen LogP contribution in [0.1, 0.15) is 24.8 Å². The number of carbonyl (C=O) groups excluding carboxylic acids is 2. The van der Waals surface area contributed by atoms with E-state index in [9.17, 15) is 9.59 Å². The van der Waals surface area contributed by atoms with E-state index >= 15 is 0 Å². The van der Waals surface area contributed by atoms with Crippen LogP contribution in [0.2, 0.25) is 0 Å². The van der Waals surface area contributed by atoms with Gasteiger partial charge < -0.3 is 15.5 Å². The highest BCUT2D eigenvalue weighted by molar-refractivity contribution is 7.98. The second-order valence-corrected chi connectivity index (χ2v) is 7.44.